The first-order valence-electron chi connectivity index (χ1n) is 6.09. The van der Waals surface area contributed by atoms with Gasteiger partial charge in [-0.2, -0.15) is 0 Å². The van der Waals surface area contributed by atoms with Crippen molar-refractivity contribution in [3.05, 3.63) is 35.4 Å². The van der Waals surface area contributed by atoms with Gasteiger partial charge in [0, 0.05) is 6.04 Å². The van der Waals surface area contributed by atoms with E-state index in [1.807, 2.05) is 32.2 Å². The minimum Gasteiger partial charge on any atom is -0.481 e. The lowest BCUT2D eigenvalue weighted by Gasteiger charge is -2.37. The number of likely N-dealkylation sites (tertiary alicyclic amines) is 1. The van der Waals surface area contributed by atoms with E-state index in [0.717, 1.165) is 24.9 Å². The van der Waals surface area contributed by atoms with Crippen LogP contribution in [0.4, 0.5) is 0 Å². The maximum atomic E-state index is 11.3. The van der Waals surface area contributed by atoms with Crippen molar-refractivity contribution >= 4 is 5.97 Å². The topological polar surface area (TPSA) is 40.5 Å². The Morgan fingerprint density at radius 2 is 2.24 bits per heavy atom. The van der Waals surface area contributed by atoms with Gasteiger partial charge >= 0.3 is 5.97 Å². The molecule has 1 aromatic rings. The Balaban J connectivity index is 2.34. The molecule has 1 fully saturated rings. The molecule has 0 radical (unpaired) electrons. The van der Waals surface area contributed by atoms with E-state index in [1.165, 1.54) is 5.56 Å². The molecule has 1 aliphatic rings. The summed E-state index contributed by atoms with van der Waals surface area (Å²) in [5.74, 6) is -0.960. The highest BCUT2D eigenvalue weighted by Gasteiger charge is 2.35. The van der Waals surface area contributed by atoms with Crippen molar-refractivity contribution in [3.8, 4) is 0 Å². The van der Waals surface area contributed by atoms with E-state index < -0.39 is 5.97 Å². The highest BCUT2D eigenvalue weighted by atomic mass is 16.4. The van der Waals surface area contributed by atoms with Gasteiger partial charge in [0.2, 0.25) is 0 Å². The van der Waals surface area contributed by atoms with Crippen LogP contribution in [0, 0.1) is 12.8 Å². The molecule has 1 N–H and O–H groups in total. The van der Waals surface area contributed by atoms with Gasteiger partial charge in [-0.15, -0.1) is 0 Å². The standard InChI is InChI=1S/C14H19NO2/c1-10-5-3-6-11(9-10)13-12(14(16)17)7-4-8-15(13)2/h3,5-6,9,12-13H,4,7-8H2,1-2H3,(H,16,17). The van der Waals surface area contributed by atoms with E-state index in [9.17, 15) is 9.90 Å². The van der Waals surface area contributed by atoms with Gasteiger partial charge in [-0.1, -0.05) is 29.8 Å². The first-order valence-corrected chi connectivity index (χ1v) is 6.09. The predicted molar refractivity (Wildman–Crippen MR) is 66.9 cm³/mol. The van der Waals surface area contributed by atoms with Crippen LogP contribution in [0.2, 0.25) is 0 Å². The number of carboxylic acid groups (broad SMARTS) is 1. The molecule has 3 nitrogen and oxygen atoms in total. The Morgan fingerprint density at radius 1 is 1.47 bits per heavy atom. The molecule has 2 atom stereocenters. The fourth-order valence-electron chi connectivity index (χ4n) is 2.76. The van der Waals surface area contributed by atoms with Gasteiger partial charge in [0.25, 0.3) is 0 Å². The maximum Gasteiger partial charge on any atom is 0.308 e. The fourth-order valence-corrected chi connectivity index (χ4v) is 2.76. The Kier molecular flexibility index (Phi) is 3.48. The monoisotopic (exact) mass is 233 g/mol. The van der Waals surface area contributed by atoms with E-state index >= 15 is 0 Å². The summed E-state index contributed by atoms with van der Waals surface area (Å²) >= 11 is 0. The minimum absolute atomic E-state index is 0.0150. The molecule has 1 aliphatic heterocycles. The molecule has 2 rings (SSSR count). The van der Waals surface area contributed by atoms with Crippen molar-refractivity contribution < 1.29 is 9.90 Å². The predicted octanol–water partition coefficient (Wildman–Crippen LogP) is 2.46. The van der Waals surface area contributed by atoms with Crippen LogP contribution in [0.15, 0.2) is 24.3 Å². The highest BCUT2D eigenvalue weighted by molar-refractivity contribution is 5.71. The molecular weight excluding hydrogens is 214 g/mol. The number of aliphatic carboxylic acids is 1. The van der Waals surface area contributed by atoms with Gasteiger partial charge in [0.05, 0.1) is 5.92 Å². The molecule has 1 heterocycles. The van der Waals surface area contributed by atoms with Crippen LogP contribution in [0.3, 0.4) is 0 Å². The summed E-state index contributed by atoms with van der Waals surface area (Å²) in [6, 6.07) is 8.20. The van der Waals surface area contributed by atoms with Gasteiger partial charge in [0.1, 0.15) is 0 Å². The van der Waals surface area contributed by atoms with Crippen LogP contribution in [-0.2, 0) is 4.79 Å². The minimum atomic E-state index is -0.678. The van der Waals surface area contributed by atoms with E-state index in [4.69, 9.17) is 0 Å². The SMILES string of the molecule is Cc1cccc(C2C(C(=O)O)CCCN2C)c1. The zero-order chi connectivity index (χ0) is 12.4. The lowest BCUT2D eigenvalue weighted by atomic mass is 9.84. The Labute approximate surface area is 102 Å². The lowest BCUT2D eigenvalue weighted by Crippen LogP contribution is -2.39. The molecule has 3 heteroatoms. The third-order valence-electron chi connectivity index (χ3n) is 3.58. The van der Waals surface area contributed by atoms with Crippen LogP contribution in [-0.4, -0.2) is 29.6 Å². The molecule has 0 aromatic heterocycles. The third kappa shape index (κ3) is 2.50. The summed E-state index contributed by atoms with van der Waals surface area (Å²) in [7, 11) is 2.02. The van der Waals surface area contributed by atoms with Crippen molar-refractivity contribution in [2.45, 2.75) is 25.8 Å². The number of hydrogen-bond donors (Lipinski definition) is 1. The zero-order valence-electron chi connectivity index (χ0n) is 10.4. The smallest absolute Gasteiger partial charge is 0.308 e. The second kappa shape index (κ2) is 4.88. The summed E-state index contributed by atoms with van der Waals surface area (Å²) in [6.45, 7) is 3.02. The van der Waals surface area contributed by atoms with Crippen molar-refractivity contribution in [1.82, 2.24) is 4.90 Å². The van der Waals surface area contributed by atoms with E-state index in [1.54, 1.807) is 0 Å². The Bertz CT molecular complexity index is 416. The van der Waals surface area contributed by atoms with Gasteiger partial charge in [-0.25, -0.2) is 0 Å². The van der Waals surface area contributed by atoms with E-state index in [-0.39, 0.29) is 12.0 Å². The van der Waals surface area contributed by atoms with Crippen LogP contribution in [0.5, 0.6) is 0 Å². The molecule has 0 saturated carbocycles. The lowest BCUT2D eigenvalue weighted by molar-refractivity contribution is -0.145. The summed E-state index contributed by atoms with van der Waals surface area (Å²) in [5, 5.41) is 9.33. The first kappa shape index (κ1) is 12.1. The van der Waals surface area contributed by atoms with Crippen LogP contribution < -0.4 is 0 Å². The number of carboxylic acids is 1. The second-order valence-electron chi connectivity index (χ2n) is 4.93. The maximum absolute atomic E-state index is 11.3. The molecular formula is C14H19NO2. The van der Waals surface area contributed by atoms with Gasteiger partial charge < -0.3 is 5.11 Å². The fraction of sp³-hybridized carbons (Fsp3) is 0.500. The van der Waals surface area contributed by atoms with Crippen LogP contribution >= 0.6 is 0 Å². The quantitative estimate of drug-likeness (QED) is 0.853. The molecule has 17 heavy (non-hydrogen) atoms. The zero-order valence-corrected chi connectivity index (χ0v) is 10.4. The van der Waals surface area contributed by atoms with Gasteiger partial charge in [-0.05, 0) is 38.9 Å². The summed E-state index contributed by atoms with van der Waals surface area (Å²) in [5.41, 5.74) is 2.31. The Morgan fingerprint density at radius 3 is 2.88 bits per heavy atom. The number of piperidine rings is 1. The van der Waals surface area contributed by atoms with Crippen LogP contribution in [0.1, 0.15) is 30.0 Å². The summed E-state index contributed by atoms with van der Waals surface area (Å²) in [6.07, 6.45) is 1.74. The molecule has 1 aromatic carbocycles. The van der Waals surface area contributed by atoms with Crippen LogP contribution in [0.25, 0.3) is 0 Å². The number of benzene rings is 1. The van der Waals surface area contributed by atoms with E-state index in [0.29, 0.717) is 0 Å². The third-order valence-corrected chi connectivity index (χ3v) is 3.58. The average Bonchev–Trinajstić information content (AvgIpc) is 2.28. The molecule has 2 unspecified atom stereocenters. The highest BCUT2D eigenvalue weighted by Crippen LogP contribution is 2.35. The van der Waals surface area contributed by atoms with Crippen molar-refractivity contribution in [3.63, 3.8) is 0 Å². The summed E-state index contributed by atoms with van der Waals surface area (Å²) < 4.78 is 0. The number of rotatable bonds is 2. The number of aryl methyl sites for hydroxylation is 1. The molecule has 0 amide bonds. The summed E-state index contributed by atoms with van der Waals surface area (Å²) in [4.78, 5) is 13.5. The Hall–Kier alpha value is -1.35. The first-order chi connectivity index (χ1) is 8.09. The molecule has 0 aliphatic carbocycles. The number of nitrogens with zero attached hydrogens (tertiary/aromatic N) is 1. The van der Waals surface area contributed by atoms with E-state index in [2.05, 4.69) is 11.0 Å². The molecule has 92 valence electrons. The average molecular weight is 233 g/mol. The molecule has 0 spiro atoms. The van der Waals surface area contributed by atoms with Gasteiger partial charge in [0.15, 0.2) is 0 Å². The number of hydrogen-bond acceptors (Lipinski definition) is 2. The largest absolute Gasteiger partial charge is 0.481 e. The van der Waals surface area contributed by atoms with Crippen molar-refractivity contribution in [2.24, 2.45) is 5.92 Å². The molecule has 1 saturated heterocycles. The van der Waals surface area contributed by atoms with Crippen molar-refractivity contribution in [2.75, 3.05) is 13.6 Å². The van der Waals surface area contributed by atoms with Gasteiger partial charge in [-0.3, -0.25) is 9.69 Å². The number of carbonyl (C=O) groups is 1. The normalized spacial score (nSPS) is 25.8. The second-order valence-corrected chi connectivity index (χ2v) is 4.93. The van der Waals surface area contributed by atoms with Crippen molar-refractivity contribution in [1.29, 1.82) is 0 Å². The molecule has 0 bridgehead atoms.